The summed E-state index contributed by atoms with van der Waals surface area (Å²) in [6.45, 7) is 4.42. The number of amides is 1. The highest BCUT2D eigenvalue weighted by Gasteiger charge is 2.30. The molecule has 0 spiro atoms. The zero-order valence-corrected chi connectivity index (χ0v) is 13.7. The van der Waals surface area contributed by atoms with Crippen LogP contribution in [-0.4, -0.2) is 73.4 Å². The fourth-order valence-electron chi connectivity index (χ4n) is 2.81. The van der Waals surface area contributed by atoms with Crippen LogP contribution >= 0.6 is 0 Å². The topological polar surface area (TPSA) is 70.7 Å². The molecule has 1 unspecified atom stereocenters. The van der Waals surface area contributed by atoms with E-state index in [9.17, 15) is 4.79 Å². The number of ether oxygens (including phenoxy) is 2. The van der Waals surface area contributed by atoms with Crippen LogP contribution in [0.4, 0.5) is 0 Å². The number of nitrogens with zero attached hydrogens (tertiary/aromatic N) is 3. The summed E-state index contributed by atoms with van der Waals surface area (Å²) in [5.41, 5.74) is 1.78. The lowest BCUT2D eigenvalue weighted by molar-refractivity contribution is -0.134. The molecule has 22 heavy (non-hydrogen) atoms. The molecule has 1 saturated heterocycles. The Morgan fingerprint density at radius 1 is 1.50 bits per heavy atom. The van der Waals surface area contributed by atoms with Gasteiger partial charge in [-0.1, -0.05) is 0 Å². The minimum atomic E-state index is 0.0863. The number of likely N-dealkylation sites (tertiary alicyclic amines) is 1. The molecule has 1 aromatic rings. The largest absolute Gasteiger partial charge is 0.383 e. The van der Waals surface area contributed by atoms with Crippen molar-refractivity contribution in [1.29, 1.82) is 0 Å². The Bertz CT molecular complexity index is 477. The average molecular weight is 310 g/mol. The second-order valence-corrected chi connectivity index (χ2v) is 5.79. The zero-order valence-electron chi connectivity index (χ0n) is 13.7. The third-order valence-corrected chi connectivity index (χ3v) is 3.99. The highest BCUT2D eigenvalue weighted by atomic mass is 16.5. The minimum Gasteiger partial charge on any atom is -0.383 e. The number of rotatable bonds is 8. The summed E-state index contributed by atoms with van der Waals surface area (Å²) in [5, 5.41) is 7.10. The number of carbonyl (C=O) groups is 1. The summed E-state index contributed by atoms with van der Waals surface area (Å²) in [6, 6.07) is 1.94. The van der Waals surface area contributed by atoms with E-state index in [-0.39, 0.29) is 11.8 Å². The molecule has 0 aromatic carbocycles. The van der Waals surface area contributed by atoms with Gasteiger partial charge in [-0.3, -0.25) is 9.89 Å². The predicted molar refractivity (Wildman–Crippen MR) is 82.2 cm³/mol. The van der Waals surface area contributed by atoms with Crippen LogP contribution in [0.5, 0.6) is 0 Å². The minimum absolute atomic E-state index is 0.0863. The van der Waals surface area contributed by atoms with Crippen LogP contribution in [0.25, 0.3) is 0 Å². The van der Waals surface area contributed by atoms with Crippen molar-refractivity contribution in [3.63, 3.8) is 0 Å². The van der Waals surface area contributed by atoms with Gasteiger partial charge in [-0.15, -0.1) is 0 Å². The second-order valence-electron chi connectivity index (χ2n) is 5.79. The number of H-pyrrole nitrogens is 1. The Hall–Kier alpha value is -1.44. The maximum Gasteiger partial charge on any atom is 0.227 e. The summed E-state index contributed by atoms with van der Waals surface area (Å²) in [4.78, 5) is 16.6. The van der Waals surface area contributed by atoms with Crippen molar-refractivity contribution in [2.75, 3.05) is 47.5 Å². The van der Waals surface area contributed by atoms with E-state index in [0.717, 1.165) is 37.4 Å². The Kier molecular flexibility index (Phi) is 6.35. The molecule has 1 atom stereocenters. The highest BCUT2D eigenvalue weighted by Crippen LogP contribution is 2.19. The van der Waals surface area contributed by atoms with Gasteiger partial charge in [0.05, 0.1) is 37.1 Å². The monoisotopic (exact) mass is 310 g/mol. The molecule has 7 heteroatoms. The van der Waals surface area contributed by atoms with Crippen LogP contribution in [0.2, 0.25) is 0 Å². The van der Waals surface area contributed by atoms with E-state index in [1.165, 1.54) is 0 Å². The number of aromatic nitrogens is 2. The summed E-state index contributed by atoms with van der Waals surface area (Å²) >= 11 is 0. The lowest BCUT2D eigenvalue weighted by Gasteiger charge is -2.21. The van der Waals surface area contributed by atoms with Crippen molar-refractivity contribution < 1.29 is 14.3 Å². The number of hydrogen-bond acceptors (Lipinski definition) is 5. The molecule has 1 amide bonds. The normalized spacial score (nSPS) is 18.8. The first-order valence-corrected chi connectivity index (χ1v) is 7.62. The molecule has 0 saturated carbocycles. The van der Waals surface area contributed by atoms with Crippen molar-refractivity contribution in [2.24, 2.45) is 5.92 Å². The van der Waals surface area contributed by atoms with E-state index >= 15 is 0 Å². The molecule has 1 aliphatic rings. The van der Waals surface area contributed by atoms with E-state index < -0.39 is 0 Å². The first-order valence-electron chi connectivity index (χ1n) is 7.62. The smallest absolute Gasteiger partial charge is 0.227 e. The van der Waals surface area contributed by atoms with Gasteiger partial charge in [-0.25, -0.2) is 0 Å². The number of hydrogen-bond donors (Lipinski definition) is 1. The second kappa shape index (κ2) is 8.26. The molecule has 124 valence electrons. The van der Waals surface area contributed by atoms with Gasteiger partial charge in [0, 0.05) is 34.4 Å². The molecule has 0 radical (unpaired) electrons. The number of aromatic amines is 1. The van der Waals surface area contributed by atoms with Gasteiger partial charge in [-0.2, -0.15) is 5.10 Å². The molecular formula is C15H26N4O3. The maximum atomic E-state index is 12.5. The highest BCUT2D eigenvalue weighted by molar-refractivity contribution is 5.79. The first-order chi connectivity index (χ1) is 10.6. The fourth-order valence-corrected chi connectivity index (χ4v) is 2.81. The van der Waals surface area contributed by atoms with Gasteiger partial charge in [0.1, 0.15) is 0 Å². The van der Waals surface area contributed by atoms with Crippen molar-refractivity contribution in [1.82, 2.24) is 20.0 Å². The molecule has 2 rings (SSSR count). The zero-order chi connectivity index (χ0) is 15.9. The van der Waals surface area contributed by atoms with Gasteiger partial charge in [0.25, 0.3) is 0 Å². The molecule has 1 aliphatic heterocycles. The summed E-state index contributed by atoms with van der Waals surface area (Å²) in [6.07, 6.45) is 0.921. The summed E-state index contributed by atoms with van der Waals surface area (Å²) in [5.74, 6) is 0.283. The quantitative estimate of drug-likeness (QED) is 0.756. The van der Waals surface area contributed by atoms with Gasteiger partial charge in [-0.05, 0) is 19.0 Å². The van der Waals surface area contributed by atoms with Crippen molar-refractivity contribution in [2.45, 2.75) is 19.6 Å². The van der Waals surface area contributed by atoms with E-state index in [1.807, 2.05) is 13.1 Å². The van der Waals surface area contributed by atoms with Crippen molar-refractivity contribution >= 4 is 5.91 Å². The van der Waals surface area contributed by atoms with Crippen LogP contribution < -0.4 is 0 Å². The molecule has 1 fully saturated rings. The molecule has 1 aromatic heterocycles. The van der Waals surface area contributed by atoms with Gasteiger partial charge in [0.15, 0.2) is 0 Å². The molecule has 7 nitrogen and oxygen atoms in total. The van der Waals surface area contributed by atoms with Crippen LogP contribution in [-0.2, 0) is 27.4 Å². The lowest BCUT2D eigenvalue weighted by Crippen LogP contribution is -2.34. The first kappa shape index (κ1) is 16.9. The van der Waals surface area contributed by atoms with Crippen LogP contribution in [0.1, 0.15) is 17.8 Å². The van der Waals surface area contributed by atoms with Crippen molar-refractivity contribution in [3.8, 4) is 0 Å². The Morgan fingerprint density at radius 2 is 2.32 bits per heavy atom. The summed E-state index contributed by atoms with van der Waals surface area (Å²) in [7, 11) is 5.19. The van der Waals surface area contributed by atoms with E-state index in [1.54, 1.807) is 19.1 Å². The van der Waals surface area contributed by atoms with Crippen LogP contribution in [0, 0.1) is 5.92 Å². The maximum absolute atomic E-state index is 12.5. The third kappa shape index (κ3) is 4.53. The molecular weight excluding hydrogens is 284 g/mol. The Balaban J connectivity index is 1.81. The SMILES string of the molecule is COCCN1CCC(C(=O)N(C)Cc2cc(COC)n[nH]2)C1. The van der Waals surface area contributed by atoms with Crippen molar-refractivity contribution in [3.05, 3.63) is 17.5 Å². The molecule has 2 heterocycles. The van der Waals surface area contributed by atoms with Gasteiger partial charge in [0.2, 0.25) is 5.91 Å². The standard InChI is InChI=1S/C15H26N4O3/c1-18(10-13-8-14(11-22-3)17-16-13)15(20)12-4-5-19(9-12)6-7-21-2/h8,12H,4-7,9-11H2,1-3H3,(H,16,17). The number of carbonyl (C=O) groups excluding carboxylic acids is 1. The third-order valence-electron chi connectivity index (χ3n) is 3.99. The Morgan fingerprint density at radius 3 is 3.05 bits per heavy atom. The number of methoxy groups -OCH3 is 2. The average Bonchev–Trinajstić information content (AvgIpc) is 3.14. The van der Waals surface area contributed by atoms with E-state index in [4.69, 9.17) is 9.47 Å². The van der Waals surface area contributed by atoms with E-state index in [0.29, 0.717) is 19.8 Å². The lowest BCUT2D eigenvalue weighted by atomic mass is 10.1. The van der Waals surface area contributed by atoms with Gasteiger partial charge >= 0.3 is 0 Å². The summed E-state index contributed by atoms with van der Waals surface area (Å²) < 4.78 is 10.1. The molecule has 1 N–H and O–H groups in total. The Labute approximate surface area is 131 Å². The molecule has 0 bridgehead atoms. The molecule has 0 aliphatic carbocycles. The predicted octanol–water partition coefficient (Wildman–Crippen LogP) is 0.483. The van der Waals surface area contributed by atoms with E-state index in [2.05, 4.69) is 15.1 Å². The number of nitrogens with one attached hydrogen (secondary N) is 1. The van der Waals surface area contributed by atoms with Crippen LogP contribution in [0.3, 0.4) is 0 Å². The van der Waals surface area contributed by atoms with Gasteiger partial charge < -0.3 is 19.3 Å². The fraction of sp³-hybridized carbons (Fsp3) is 0.733. The van der Waals surface area contributed by atoms with Crippen LogP contribution in [0.15, 0.2) is 6.07 Å².